The van der Waals surface area contributed by atoms with Gasteiger partial charge in [-0.1, -0.05) is 0 Å². The van der Waals surface area contributed by atoms with E-state index in [1.165, 1.54) is 0 Å². The van der Waals surface area contributed by atoms with Crippen LogP contribution in [0.25, 0.3) is 11.4 Å². The SMILES string of the molecule is CCOC(=O)c1nn(C)c2c1CCc1cnc(Nc3ccc(N4CCN(C)CC4)cc3C#N)nc1-2. The number of aryl methyl sites for hydroxylation is 2. The molecular formula is C25H28N8O2. The van der Waals surface area contributed by atoms with Crippen LogP contribution in [-0.4, -0.2) is 70.5 Å². The third-order valence-electron chi connectivity index (χ3n) is 6.59. The molecule has 1 aliphatic heterocycles. The maximum absolute atomic E-state index is 12.4. The lowest BCUT2D eigenvalue weighted by Crippen LogP contribution is -2.44. The average molecular weight is 473 g/mol. The lowest BCUT2D eigenvalue weighted by molar-refractivity contribution is 0.0517. The van der Waals surface area contributed by atoms with Crippen molar-refractivity contribution in [1.29, 1.82) is 5.26 Å². The van der Waals surface area contributed by atoms with Crippen LogP contribution < -0.4 is 10.2 Å². The minimum atomic E-state index is -0.417. The van der Waals surface area contributed by atoms with Gasteiger partial charge >= 0.3 is 5.97 Å². The van der Waals surface area contributed by atoms with Gasteiger partial charge in [-0.25, -0.2) is 14.8 Å². The van der Waals surface area contributed by atoms with Crippen molar-refractivity contribution in [3.8, 4) is 17.5 Å². The predicted octanol–water partition coefficient (Wildman–Crippen LogP) is 2.52. The highest BCUT2D eigenvalue weighted by Crippen LogP contribution is 2.35. The van der Waals surface area contributed by atoms with E-state index < -0.39 is 5.97 Å². The second kappa shape index (κ2) is 9.35. The minimum Gasteiger partial charge on any atom is -0.461 e. The van der Waals surface area contributed by atoms with Crippen molar-refractivity contribution in [3.63, 3.8) is 0 Å². The number of benzene rings is 1. The van der Waals surface area contributed by atoms with E-state index in [0.29, 0.717) is 42.3 Å². The molecule has 0 unspecified atom stereocenters. The van der Waals surface area contributed by atoms with E-state index in [9.17, 15) is 10.1 Å². The summed E-state index contributed by atoms with van der Waals surface area (Å²) >= 11 is 0. The zero-order chi connectivity index (χ0) is 24.5. The Labute approximate surface area is 204 Å². The largest absolute Gasteiger partial charge is 0.461 e. The van der Waals surface area contributed by atoms with Gasteiger partial charge in [0.15, 0.2) is 5.69 Å². The Kier molecular flexibility index (Phi) is 6.09. The molecule has 1 saturated heterocycles. The predicted molar refractivity (Wildman–Crippen MR) is 132 cm³/mol. The number of aromatic nitrogens is 4. The van der Waals surface area contributed by atoms with Crippen LogP contribution in [0.2, 0.25) is 0 Å². The summed E-state index contributed by atoms with van der Waals surface area (Å²) in [5, 5.41) is 17.4. The van der Waals surface area contributed by atoms with Gasteiger partial charge in [-0.05, 0) is 50.6 Å². The highest BCUT2D eigenvalue weighted by Gasteiger charge is 2.29. The van der Waals surface area contributed by atoms with Crippen molar-refractivity contribution in [2.45, 2.75) is 19.8 Å². The molecule has 0 saturated carbocycles. The number of esters is 1. The number of nitriles is 1. The molecule has 1 aliphatic carbocycles. The number of carbonyl (C=O) groups is 1. The Hall–Kier alpha value is -3.97. The number of fused-ring (bicyclic) bond motifs is 3. The van der Waals surface area contributed by atoms with E-state index in [2.05, 4.69) is 38.3 Å². The molecule has 1 fully saturated rings. The van der Waals surface area contributed by atoms with Gasteiger partial charge in [0.1, 0.15) is 6.07 Å². The monoisotopic (exact) mass is 472 g/mol. The Morgan fingerprint density at radius 1 is 1.20 bits per heavy atom. The molecule has 0 atom stereocenters. The first-order valence-corrected chi connectivity index (χ1v) is 11.8. The Morgan fingerprint density at radius 2 is 2.00 bits per heavy atom. The van der Waals surface area contributed by atoms with E-state index in [1.807, 2.05) is 18.2 Å². The minimum absolute atomic E-state index is 0.297. The van der Waals surface area contributed by atoms with E-state index in [-0.39, 0.29) is 0 Å². The van der Waals surface area contributed by atoms with Crippen LogP contribution in [0.15, 0.2) is 24.4 Å². The number of likely N-dealkylation sites (N-methyl/N-ethyl adjacent to an activating group) is 1. The Morgan fingerprint density at radius 3 is 2.74 bits per heavy atom. The summed E-state index contributed by atoms with van der Waals surface area (Å²) in [5.74, 6) is -0.0290. The van der Waals surface area contributed by atoms with Crippen LogP contribution >= 0.6 is 0 Å². The third-order valence-corrected chi connectivity index (χ3v) is 6.59. The number of carbonyl (C=O) groups excluding carboxylic acids is 1. The maximum atomic E-state index is 12.4. The molecule has 0 spiro atoms. The molecule has 2 aromatic heterocycles. The topological polar surface area (TPSA) is 112 Å². The second-order valence-electron chi connectivity index (χ2n) is 8.84. The van der Waals surface area contributed by atoms with E-state index >= 15 is 0 Å². The highest BCUT2D eigenvalue weighted by atomic mass is 16.5. The number of nitrogens with zero attached hydrogens (tertiary/aromatic N) is 7. The zero-order valence-electron chi connectivity index (χ0n) is 20.2. The van der Waals surface area contributed by atoms with Crippen molar-refractivity contribution in [2.75, 3.05) is 50.1 Å². The van der Waals surface area contributed by atoms with Crippen LogP contribution in [0, 0.1) is 11.3 Å². The fourth-order valence-corrected chi connectivity index (χ4v) is 4.69. The van der Waals surface area contributed by atoms with Crippen molar-refractivity contribution < 1.29 is 9.53 Å². The summed E-state index contributed by atoms with van der Waals surface area (Å²) < 4.78 is 6.87. The van der Waals surface area contributed by atoms with Gasteiger partial charge < -0.3 is 19.9 Å². The van der Waals surface area contributed by atoms with Crippen LogP contribution in [-0.2, 0) is 24.6 Å². The molecule has 3 heterocycles. The van der Waals surface area contributed by atoms with Crippen molar-refractivity contribution >= 4 is 23.3 Å². The standard InChI is InChI=1S/C25H28N8O2/c1-4-35-24(34)22-19-7-5-16-15-27-25(29-21(16)23(19)32(3)30-22)28-20-8-6-18(13-17(20)14-26)33-11-9-31(2)10-12-33/h6,8,13,15H,4-5,7,9-12H2,1-3H3,(H,27,28,29). The zero-order valence-corrected chi connectivity index (χ0v) is 20.2. The molecule has 3 aromatic rings. The van der Waals surface area contributed by atoms with Gasteiger partial charge in [0.05, 0.1) is 29.2 Å². The summed E-state index contributed by atoms with van der Waals surface area (Å²) in [6, 6.07) is 8.14. The van der Waals surface area contributed by atoms with Crippen molar-refractivity contribution in [2.24, 2.45) is 7.05 Å². The summed E-state index contributed by atoms with van der Waals surface area (Å²) in [7, 11) is 3.92. The Balaban J connectivity index is 1.44. The van der Waals surface area contributed by atoms with Crippen LogP contribution in [0.3, 0.4) is 0 Å². The number of ether oxygens (including phenoxy) is 1. The lowest BCUT2D eigenvalue weighted by atomic mass is 9.93. The highest BCUT2D eigenvalue weighted by molar-refractivity contribution is 5.91. The van der Waals surface area contributed by atoms with Gasteiger partial charge in [0.25, 0.3) is 0 Å². The van der Waals surface area contributed by atoms with Gasteiger partial charge in [0.2, 0.25) is 5.95 Å². The number of piperazine rings is 1. The molecule has 0 amide bonds. The first kappa shape index (κ1) is 22.8. The third kappa shape index (κ3) is 4.31. The maximum Gasteiger partial charge on any atom is 0.359 e. The number of hydrogen-bond donors (Lipinski definition) is 1. The summed E-state index contributed by atoms with van der Waals surface area (Å²) in [6.07, 6.45) is 3.19. The second-order valence-corrected chi connectivity index (χ2v) is 8.84. The van der Waals surface area contributed by atoms with Crippen molar-refractivity contribution in [3.05, 3.63) is 46.8 Å². The van der Waals surface area contributed by atoms with Gasteiger partial charge in [0, 0.05) is 50.7 Å². The van der Waals surface area contributed by atoms with Gasteiger partial charge in [-0.3, -0.25) is 4.68 Å². The quantitative estimate of drug-likeness (QED) is 0.560. The van der Waals surface area contributed by atoms with Gasteiger partial charge in [-0.15, -0.1) is 0 Å². The first-order chi connectivity index (χ1) is 17.0. The van der Waals surface area contributed by atoms with Crippen LogP contribution in [0.5, 0.6) is 0 Å². The number of nitrogens with one attached hydrogen (secondary N) is 1. The van der Waals surface area contributed by atoms with E-state index in [0.717, 1.165) is 54.4 Å². The molecule has 35 heavy (non-hydrogen) atoms. The average Bonchev–Trinajstić information content (AvgIpc) is 3.22. The molecule has 2 aliphatic rings. The van der Waals surface area contributed by atoms with Crippen molar-refractivity contribution in [1.82, 2.24) is 24.6 Å². The molecule has 0 radical (unpaired) electrons. The molecule has 10 heteroatoms. The van der Waals surface area contributed by atoms with Gasteiger partial charge in [-0.2, -0.15) is 10.4 Å². The van der Waals surface area contributed by atoms with E-state index in [4.69, 9.17) is 9.72 Å². The molecule has 180 valence electrons. The summed E-state index contributed by atoms with van der Waals surface area (Å²) in [5.41, 5.74) is 5.94. The number of anilines is 3. The summed E-state index contributed by atoms with van der Waals surface area (Å²) in [6.45, 7) is 5.94. The smallest absolute Gasteiger partial charge is 0.359 e. The molecule has 1 N–H and O–H groups in total. The van der Waals surface area contributed by atoms with Crippen LogP contribution in [0.1, 0.15) is 34.1 Å². The number of rotatable bonds is 5. The molecule has 1 aromatic carbocycles. The fraction of sp³-hybridized carbons (Fsp3) is 0.400. The molecule has 10 nitrogen and oxygen atoms in total. The van der Waals surface area contributed by atoms with Crippen LogP contribution in [0.4, 0.5) is 17.3 Å². The Bertz CT molecular complexity index is 1320. The lowest BCUT2D eigenvalue weighted by Gasteiger charge is -2.34. The number of hydrogen-bond acceptors (Lipinski definition) is 9. The molecule has 0 bridgehead atoms. The summed E-state index contributed by atoms with van der Waals surface area (Å²) in [4.78, 5) is 26.2. The fourth-order valence-electron chi connectivity index (χ4n) is 4.69. The first-order valence-electron chi connectivity index (χ1n) is 11.8. The molecule has 5 rings (SSSR count). The van der Waals surface area contributed by atoms with E-state index in [1.54, 1.807) is 24.9 Å². The normalized spacial score (nSPS) is 15.2. The molecular weight excluding hydrogens is 444 g/mol.